The summed E-state index contributed by atoms with van der Waals surface area (Å²) in [6.07, 6.45) is 1.85. The van der Waals surface area contributed by atoms with E-state index in [1.165, 1.54) is 12.1 Å². The standard InChI is InChI=1S/C24H24FN3O3/c1-24(2)18(15-6-4-14(5-7-15)12-28(3)13-21(26)29)11-20(31-24)22-17-10-16(25)8-9-19(17)27-23(22)30/h4-11H,12-13H2,1-3H3,(H2,26,29)(H,27,30). The van der Waals surface area contributed by atoms with Gasteiger partial charge in [0.2, 0.25) is 5.91 Å². The molecule has 2 heterocycles. The molecule has 0 unspecified atom stereocenters. The van der Waals surface area contributed by atoms with Crippen molar-refractivity contribution in [3.05, 3.63) is 76.8 Å². The molecule has 0 atom stereocenters. The Morgan fingerprint density at radius 2 is 1.90 bits per heavy atom. The Kier molecular flexibility index (Phi) is 5.15. The molecular formula is C24H24FN3O3. The Morgan fingerprint density at radius 1 is 1.19 bits per heavy atom. The normalized spacial score (nSPS) is 19.1. The van der Waals surface area contributed by atoms with Gasteiger partial charge in [-0.05, 0) is 56.3 Å². The summed E-state index contributed by atoms with van der Waals surface area (Å²) in [5.41, 5.74) is 8.91. The van der Waals surface area contributed by atoms with Crippen LogP contribution in [0, 0.1) is 5.82 Å². The number of carbonyl (C=O) groups is 2. The molecule has 0 fully saturated rings. The lowest BCUT2D eigenvalue weighted by Crippen LogP contribution is -2.30. The topological polar surface area (TPSA) is 84.7 Å². The van der Waals surface area contributed by atoms with Gasteiger partial charge in [-0.15, -0.1) is 0 Å². The van der Waals surface area contributed by atoms with E-state index < -0.39 is 11.4 Å². The minimum atomic E-state index is -0.664. The Morgan fingerprint density at radius 3 is 2.58 bits per heavy atom. The highest BCUT2D eigenvalue weighted by Crippen LogP contribution is 2.44. The van der Waals surface area contributed by atoms with Gasteiger partial charge >= 0.3 is 0 Å². The highest BCUT2D eigenvalue weighted by atomic mass is 19.1. The quantitative estimate of drug-likeness (QED) is 0.726. The highest BCUT2D eigenvalue weighted by Gasteiger charge is 2.38. The average Bonchev–Trinajstić information content (AvgIpc) is 3.16. The number of anilines is 1. The van der Waals surface area contributed by atoms with Gasteiger partial charge in [-0.3, -0.25) is 14.5 Å². The molecule has 7 heteroatoms. The first kappa shape index (κ1) is 20.8. The van der Waals surface area contributed by atoms with Crippen molar-refractivity contribution in [1.29, 1.82) is 0 Å². The maximum atomic E-state index is 13.8. The first-order valence-corrected chi connectivity index (χ1v) is 9.97. The fourth-order valence-electron chi connectivity index (χ4n) is 4.03. The minimum absolute atomic E-state index is 0.189. The first-order chi connectivity index (χ1) is 14.6. The second kappa shape index (κ2) is 7.67. The molecule has 3 N–H and O–H groups in total. The zero-order valence-electron chi connectivity index (χ0n) is 17.7. The van der Waals surface area contributed by atoms with Crippen LogP contribution in [0.4, 0.5) is 10.1 Å². The summed E-state index contributed by atoms with van der Waals surface area (Å²) >= 11 is 0. The number of nitrogens with two attached hydrogens (primary N) is 1. The number of hydrogen-bond acceptors (Lipinski definition) is 4. The lowest BCUT2D eigenvalue weighted by molar-refractivity contribution is -0.119. The molecule has 2 aliphatic rings. The van der Waals surface area contributed by atoms with Crippen LogP contribution < -0.4 is 11.1 Å². The van der Waals surface area contributed by atoms with Crippen LogP contribution in [-0.2, 0) is 20.9 Å². The van der Waals surface area contributed by atoms with Crippen molar-refractivity contribution in [1.82, 2.24) is 4.90 Å². The van der Waals surface area contributed by atoms with E-state index in [2.05, 4.69) is 5.32 Å². The minimum Gasteiger partial charge on any atom is -0.482 e. The fraction of sp³-hybridized carbons (Fsp3) is 0.250. The maximum absolute atomic E-state index is 13.8. The summed E-state index contributed by atoms with van der Waals surface area (Å²) < 4.78 is 19.9. The molecule has 2 aliphatic heterocycles. The van der Waals surface area contributed by atoms with E-state index in [1.807, 2.05) is 56.1 Å². The Labute approximate surface area is 180 Å². The number of primary amides is 1. The largest absolute Gasteiger partial charge is 0.482 e. The van der Waals surface area contributed by atoms with Crippen molar-refractivity contribution in [2.24, 2.45) is 5.73 Å². The molecule has 0 saturated heterocycles. The van der Waals surface area contributed by atoms with Crippen LogP contribution in [0.15, 0.2) is 54.3 Å². The molecule has 160 valence electrons. The Hall–Kier alpha value is -3.45. The lowest BCUT2D eigenvalue weighted by atomic mass is 9.91. The second-order valence-corrected chi connectivity index (χ2v) is 8.39. The van der Waals surface area contributed by atoms with E-state index in [9.17, 15) is 14.0 Å². The van der Waals surface area contributed by atoms with Crippen molar-refractivity contribution < 1.29 is 18.7 Å². The number of amides is 2. The third-order valence-corrected chi connectivity index (χ3v) is 5.40. The van der Waals surface area contributed by atoms with Crippen molar-refractivity contribution >= 4 is 28.6 Å². The van der Waals surface area contributed by atoms with Gasteiger partial charge < -0.3 is 15.8 Å². The smallest absolute Gasteiger partial charge is 0.260 e. The molecule has 0 spiro atoms. The first-order valence-electron chi connectivity index (χ1n) is 9.97. The van der Waals surface area contributed by atoms with Crippen molar-refractivity contribution in [3.8, 4) is 0 Å². The van der Waals surface area contributed by atoms with Gasteiger partial charge in [-0.25, -0.2) is 4.39 Å². The van der Waals surface area contributed by atoms with Gasteiger partial charge in [0.25, 0.3) is 5.91 Å². The van der Waals surface area contributed by atoms with Crippen LogP contribution in [0.2, 0.25) is 0 Å². The molecule has 31 heavy (non-hydrogen) atoms. The average molecular weight is 421 g/mol. The highest BCUT2D eigenvalue weighted by molar-refractivity contribution is 6.32. The lowest BCUT2D eigenvalue weighted by Gasteiger charge is -2.24. The molecular weight excluding hydrogens is 397 g/mol. The molecule has 2 aromatic rings. The van der Waals surface area contributed by atoms with E-state index >= 15 is 0 Å². The fourth-order valence-corrected chi connectivity index (χ4v) is 4.03. The Bertz CT molecular complexity index is 1130. The van der Waals surface area contributed by atoms with Gasteiger partial charge in [0, 0.05) is 23.4 Å². The summed E-state index contributed by atoms with van der Waals surface area (Å²) in [4.78, 5) is 25.5. The molecule has 0 radical (unpaired) electrons. The molecule has 0 aliphatic carbocycles. The number of fused-ring (bicyclic) bond motifs is 1. The van der Waals surface area contributed by atoms with Gasteiger partial charge in [-0.2, -0.15) is 0 Å². The van der Waals surface area contributed by atoms with Crippen molar-refractivity contribution in [3.63, 3.8) is 0 Å². The zero-order valence-corrected chi connectivity index (χ0v) is 17.7. The van der Waals surface area contributed by atoms with Crippen LogP contribution >= 0.6 is 0 Å². The second-order valence-electron chi connectivity index (χ2n) is 8.39. The van der Waals surface area contributed by atoms with E-state index in [0.29, 0.717) is 29.1 Å². The molecule has 2 amide bonds. The molecule has 2 aromatic carbocycles. The summed E-state index contributed by atoms with van der Waals surface area (Å²) in [5.74, 6) is -0.664. The molecule has 0 bridgehead atoms. The number of rotatable bonds is 5. The van der Waals surface area contributed by atoms with Crippen LogP contribution in [0.1, 0.15) is 30.5 Å². The van der Waals surface area contributed by atoms with E-state index in [4.69, 9.17) is 10.5 Å². The number of hydrogen-bond donors (Lipinski definition) is 2. The van der Waals surface area contributed by atoms with Gasteiger partial charge in [0.1, 0.15) is 17.2 Å². The maximum Gasteiger partial charge on any atom is 0.260 e. The van der Waals surface area contributed by atoms with Crippen LogP contribution in [0.25, 0.3) is 11.1 Å². The molecule has 6 nitrogen and oxygen atoms in total. The van der Waals surface area contributed by atoms with Gasteiger partial charge in [0.05, 0.1) is 12.1 Å². The van der Waals surface area contributed by atoms with E-state index in [-0.39, 0.29) is 18.4 Å². The molecule has 0 aromatic heterocycles. The number of allylic oxidation sites excluding steroid dienone is 1. The third kappa shape index (κ3) is 4.09. The summed E-state index contributed by atoms with van der Waals surface area (Å²) in [6.45, 7) is 4.65. The summed E-state index contributed by atoms with van der Waals surface area (Å²) in [5, 5.41) is 2.76. The predicted molar refractivity (Wildman–Crippen MR) is 117 cm³/mol. The number of halogens is 1. The number of benzene rings is 2. The van der Waals surface area contributed by atoms with Crippen molar-refractivity contribution in [2.75, 3.05) is 18.9 Å². The molecule has 0 saturated carbocycles. The van der Waals surface area contributed by atoms with Crippen LogP contribution in [-0.4, -0.2) is 35.9 Å². The summed E-state index contributed by atoms with van der Waals surface area (Å²) in [6, 6.07) is 12.2. The van der Waals surface area contributed by atoms with E-state index in [1.54, 1.807) is 6.07 Å². The summed E-state index contributed by atoms with van der Waals surface area (Å²) in [7, 11) is 1.83. The SMILES string of the molecule is CN(CC(N)=O)Cc1ccc(C2=CC(=C3C(=O)Nc4ccc(F)cc43)OC2(C)C)cc1. The number of nitrogens with one attached hydrogen (secondary N) is 1. The van der Waals surface area contributed by atoms with Crippen LogP contribution in [0.3, 0.4) is 0 Å². The van der Waals surface area contributed by atoms with Crippen LogP contribution in [0.5, 0.6) is 0 Å². The van der Waals surface area contributed by atoms with Gasteiger partial charge in [0.15, 0.2) is 0 Å². The number of likely N-dealkylation sites (N-methyl/N-ethyl adjacent to an activating group) is 1. The number of ether oxygens (including phenoxy) is 1. The number of nitrogens with zero attached hydrogens (tertiary/aromatic N) is 1. The number of carbonyl (C=O) groups excluding carboxylic acids is 2. The third-order valence-electron chi connectivity index (χ3n) is 5.40. The predicted octanol–water partition coefficient (Wildman–Crippen LogP) is 3.30. The Balaban J connectivity index is 1.66. The zero-order chi connectivity index (χ0) is 22.3. The monoisotopic (exact) mass is 421 g/mol. The van der Waals surface area contributed by atoms with Crippen molar-refractivity contribution in [2.45, 2.75) is 26.0 Å². The molecule has 4 rings (SSSR count). The van der Waals surface area contributed by atoms with E-state index in [0.717, 1.165) is 16.7 Å². The van der Waals surface area contributed by atoms with Gasteiger partial charge in [-0.1, -0.05) is 24.3 Å².